The van der Waals surface area contributed by atoms with Crippen LogP contribution in [0.2, 0.25) is 0 Å². The molecule has 1 heterocycles. The molecule has 3 rings (SSSR count). The highest BCUT2D eigenvalue weighted by atomic mass is 16.6. The topological polar surface area (TPSA) is 102 Å². The van der Waals surface area contributed by atoms with Crippen LogP contribution < -0.4 is 10.5 Å². The molecule has 1 aliphatic rings. The minimum atomic E-state index is -0.477. The average molecular weight is 293 g/mol. The lowest BCUT2D eigenvalue weighted by Crippen LogP contribution is -2.20. The molecule has 0 aliphatic carbocycles. The fourth-order valence-corrected chi connectivity index (χ4v) is 2.57. The van der Waals surface area contributed by atoms with Crippen molar-refractivity contribution in [2.24, 2.45) is 5.73 Å². The lowest BCUT2D eigenvalue weighted by Gasteiger charge is -2.26. The van der Waals surface area contributed by atoms with Gasteiger partial charge in [0.15, 0.2) is 0 Å². The molecule has 2 N–H and O–H groups in total. The number of hydrogen-bond acceptors (Lipinski definition) is 5. The first-order valence-corrected chi connectivity index (χ1v) is 6.52. The highest BCUT2D eigenvalue weighted by molar-refractivity contribution is 5.56. The molecule has 0 radical (unpaired) electrons. The predicted octanol–water partition coefficient (Wildman–Crippen LogP) is 2.81. The fraction of sp³-hybridized carbons (Fsp3) is 0.0625. The Bertz CT molecular complexity index is 837. The summed E-state index contributed by atoms with van der Waals surface area (Å²) in [5.74, 6) is 0.100. The Hall–Kier alpha value is -3.33. The SMILES string of the molecule is N#CC1=C(N)Oc2ccccc2[C@@H]1c1cccc([N+](=O)[O-])c1. The van der Waals surface area contributed by atoms with Gasteiger partial charge >= 0.3 is 0 Å². The maximum atomic E-state index is 11.0. The van der Waals surface area contributed by atoms with Crippen LogP contribution in [0.25, 0.3) is 0 Å². The van der Waals surface area contributed by atoms with Crippen LogP contribution in [0.3, 0.4) is 0 Å². The molecule has 22 heavy (non-hydrogen) atoms. The van der Waals surface area contributed by atoms with Crippen molar-refractivity contribution in [1.29, 1.82) is 5.26 Å². The van der Waals surface area contributed by atoms with E-state index in [0.29, 0.717) is 11.3 Å². The van der Waals surface area contributed by atoms with Crippen molar-refractivity contribution in [3.8, 4) is 11.8 Å². The number of non-ortho nitro benzene ring substituents is 1. The summed E-state index contributed by atoms with van der Waals surface area (Å²) in [4.78, 5) is 10.5. The zero-order valence-corrected chi connectivity index (χ0v) is 11.4. The van der Waals surface area contributed by atoms with E-state index in [2.05, 4.69) is 6.07 Å². The molecule has 0 fully saturated rings. The van der Waals surface area contributed by atoms with Crippen molar-refractivity contribution >= 4 is 5.69 Å². The van der Waals surface area contributed by atoms with Gasteiger partial charge in [-0.1, -0.05) is 30.3 Å². The normalized spacial score (nSPS) is 16.4. The van der Waals surface area contributed by atoms with Crippen molar-refractivity contribution in [1.82, 2.24) is 0 Å². The lowest BCUT2D eigenvalue weighted by atomic mass is 9.83. The number of nitro benzene ring substituents is 1. The third kappa shape index (κ3) is 2.15. The first-order valence-electron chi connectivity index (χ1n) is 6.52. The molecule has 2 aromatic rings. The molecular formula is C16H11N3O3. The third-order valence-corrected chi connectivity index (χ3v) is 3.54. The van der Waals surface area contributed by atoms with Crippen molar-refractivity contribution in [2.75, 3.05) is 0 Å². The van der Waals surface area contributed by atoms with E-state index in [1.165, 1.54) is 12.1 Å². The molecular weight excluding hydrogens is 282 g/mol. The molecule has 6 nitrogen and oxygen atoms in total. The summed E-state index contributed by atoms with van der Waals surface area (Å²) in [5.41, 5.74) is 7.44. The van der Waals surface area contributed by atoms with Crippen LogP contribution in [0.5, 0.6) is 5.75 Å². The Balaban J connectivity index is 2.21. The van der Waals surface area contributed by atoms with Gasteiger partial charge in [0.25, 0.3) is 5.69 Å². The Morgan fingerprint density at radius 1 is 1.23 bits per heavy atom. The number of allylic oxidation sites excluding steroid dienone is 1. The van der Waals surface area contributed by atoms with Gasteiger partial charge in [-0.25, -0.2) is 0 Å². The number of nitrogens with two attached hydrogens (primary N) is 1. The van der Waals surface area contributed by atoms with Gasteiger partial charge in [-0.3, -0.25) is 10.1 Å². The Labute approximate surface area is 126 Å². The van der Waals surface area contributed by atoms with Crippen LogP contribution in [0.4, 0.5) is 5.69 Å². The molecule has 0 saturated carbocycles. The summed E-state index contributed by atoms with van der Waals surface area (Å²) < 4.78 is 5.47. The number of fused-ring (bicyclic) bond motifs is 1. The molecule has 0 bridgehead atoms. The quantitative estimate of drug-likeness (QED) is 0.677. The summed E-state index contributed by atoms with van der Waals surface area (Å²) in [7, 11) is 0. The van der Waals surface area contributed by atoms with Crippen LogP contribution in [0, 0.1) is 21.4 Å². The molecule has 2 aromatic carbocycles. The van der Waals surface area contributed by atoms with Gasteiger partial charge < -0.3 is 10.5 Å². The van der Waals surface area contributed by atoms with Gasteiger partial charge in [-0.2, -0.15) is 5.26 Å². The first-order chi connectivity index (χ1) is 10.6. The number of nitrogens with zero attached hydrogens (tertiary/aromatic N) is 2. The second-order valence-electron chi connectivity index (χ2n) is 4.81. The van der Waals surface area contributed by atoms with E-state index in [1.807, 2.05) is 12.1 Å². The number of nitriles is 1. The number of nitro groups is 1. The maximum Gasteiger partial charge on any atom is 0.269 e. The van der Waals surface area contributed by atoms with E-state index in [0.717, 1.165) is 5.56 Å². The highest BCUT2D eigenvalue weighted by Crippen LogP contribution is 2.42. The molecule has 6 heteroatoms. The summed E-state index contributed by atoms with van der Waals surface area (Å²) in [6, 6.07) is 15.4. The van der Waals surface area contributed by atoms with E-state index >= 15 is 0 Å². The van der Waals surface area contributed by atoms with Crippen molar-refractivity contribution < 1.29 is 9.66 Å². The second kappa shape index (κ2) is 5.22. The van der Waals surface area contributed by atoms with E-state index in [-0.39, 0.29) is 17.1 Å². The molecule has 0 spiro atoms. The van der Waals surface area contributed by atoms with Gasteiger partial charge in [-0.05, 0) is 11.6 Å². The lowest BCUT2D eigenvalue weighted by molar-refractivity contribution is -0.384. The second-order valence-corrected chi connectivity index (χ2v) is 4.81. The standard InChI is InChI=1S/C16H11N3O3/c17-9-13-15(10-4-3-5-11(8-10)19(20)21)12-6-1-2-7-14(12)22-16(13)18/h1-8,15H,18H2/t15-/m0/s1. The molecule has 1 aliphatic heterocycles. The number of rotatable bonds is 2. The Morgan fingerprint density at radius 2 is 2.00 bits per heavy atom. The predicted molar refractivity (Wildman–Crippen MR) is 78.8 cm³/mol. The molecule has 0 aromatic heterocycles. The minimum Gasteiger partial charge on any atom is -0.440 e. The zero-order chi connectivity index (χ0) is 15.7. The summed E-state index contributed by atoms with van der Waals surface area (Å²) in [6.45, 7) is 0. The first kappa shape index (κ1) is 13.6. The van der Waals surface area contributed by atoms with E-state index in [9.17, 15) is 15.4 Å². The molecule has 0 saturated heterocycles. The average Bonchev–Trinajstić information content (AvgIpc) is 2.53. The van der Waals surface area contributed by atoms with E-state index in [4.69, 9.17) is 10.5 Å². The van der Waals surface area contributed by atoms with Crippen molar-refractivity contribution in [3.63, 3.8) is 0 Å². The Kier molecular flexibility index (Phi) is 3.24. The molecule has 0 unspecified atom stereocenters. The third-order valence-electron chi connectivity index (χ3n) is 3.54. The summed E-state index contributed by atoms with van der Waals surface area (Å²) in [5, 5.41) is 20.4. The number of ether oxygens (including phenoxy) is 1. The van der Waals surface area contributed by atoms with Crippen LogP contribution in [0.1, 0.15) is 17.0 Å². The van der Waals surface area contributed by atoms with Crippen LogP contribution in [-0.2, 0) is 0 Å². The summed E-state index contributed by atoms with van der Waals surface area (Å²) >= 11 is 0. The van der Waals surface area contributed by atoms with E-state index in [1.54, 1.807) is 24.3 Å². The van der Waals surface area contributed by atoms with Crippen molar-refractivity contribution in [3.05, 3.63) is 81.2 Å². The fourth-order valence-electron chi connectivity index (χ4n) is 2.57. The number of para-hydroxylation sites is 1. The number of benzene rings is 2. The molecule has 108 valence electrons. The minimum absolute atomic E-state index is 0.0257. The van der Waals surface area contributed by atoms with Crippen LogP contribution in [-0.4, -0.2) is 4.92 Å². The zero-order valence-electron chi connectivity index (χ0n) is 11.4. The van der Waals surface area contributed by atoms with Gasteiger partial charge in [0.05, 0.1) is 10.8 Å². The largest absolute Gasteiger partial charge is 0.440 e. The van der Waals surface area contributed by atoms with Gasteiger partial charge in [0.2, 0.25) is 5.88 Å². The highest BCUT2D eigenvalue weighted by Gasteiger charge is 2.30. The Morgan fingerprint density at radius 3 is 2.73 bits per heavy atom. The van der Waals surface area contributed by atoms with Crippen LogP contribution >= 0.6 is 0 Å². The molecule has 0 amide bonds. The molecule has 1 atom stereocenters. The summed E-state index contributed by atoms with van der Waals surface area (Å²) in [6.07, 6.45) is 0. The number of hydrogen-bond donors (Lipinski definition) is 1. The van der Waals surface area contributed by atoms with Crippen molar-refractivity contribution in [2.45, 2.75) is 5.92 Å². The van der Waals surface area contributed by atoms with Gasteiger partial charge in [0, 0.05) is 17.7 Å². The van der Waals surface area contributed by atoms with E-state index < -0.39 is 10.8 Å². The van der Waals surface area contributed by atoms with Crippen LogP contribution in [0.15, 0.2) is 60.0 Å². The maximum absolute atomic E-state index is 11.0. The van der Waals surface area contributed by atoms with Gasteiger partial charge in [-0.15, -0.1) is 0 Å². The van der Waals surface area contributed by atoms with Gasteiger partial charge in [0.1, 0.15) is 17.4 Å². The smallest absolute Gasteiger partial charge is 0.269 e. The monoisotopic (exact) mass is 293 g/mol.